The van der Waals surface area contributed by atoms with E-state index in [9.17, 15) is 4.79 Å². The molecule has 2 rings (SSSR count). The highest BCUT2D eigenvalue weighted by Crippen LogP contribution is 2.13. The summed E-state index contributed by atoms with van der Waals surface area (Å²) in [6, 6.07) is 5.48. The third-order valence-electron chi connectivity index (χ3n) is 2.62. The quantitative estimate of drug-likeness (QED) is 0.867. The van der Waals surface area contributed by atoms with Gasteiger partial charge in [-0.25, -0.2) is 4.98 Å². The van der Waals surface area contributed by atoms with Gasteiger partial charge in [-0.15, -0.1) is 11.3 Å². The van der Waals surface area contributed by atoms with Crippen LogP contribution in [-0.2, 0) is 6.42 Å². The Morgan fingerprint density at radius 1 is 1.53 bits per heavy atom. The first-order valence-electron chi connectivity index (χ1n) is 6.07. The maximum Gasteiger partial charge on any atom is 0.271 e. The second-order valence-electron chi connectivity index (χ2n) is 4.11. The smallest absolute Gasteiger partial charge is 0.271 e. The first kappa shape index (κ1) is 13.6. The number of nitrogens with zero attached hydrogens (tertiary/aromatic N) is 2. The van der Waals surface area contributed by atoms with Crippen LogP contribution in [0.25, 0.3) is 0 Å². The highest BCUT2D eigenvalue weighted by molar-refractivity contribution is 7.09. The molecular formula is C13H16N4OS. The minimum Gasteiger partial charge on any atom is -0.343 e. The number of nitrogens with two attached hydrogens (primary N) is 1. The van der Waals surface area contributed by atoms with Crippen molar-refractivity contribution < 1.29 is 4.79 Å². The molecular weight excluding hydrogens is 260 g/mol. The second-order valence-corrected chi connectivity index (χ2v) is 5.06. The van der Waals surface area contributed by atoms with Gasteiger partial charge in [0.1, 0.15) is 5.69 Å². The van der Waals surface area contributed by atoms with Crippen molar-refractivity contribution in [2.45, 2.75) is 19.4 Å². The number of aromatic nitrogens is 2. The van der Waals surface area contributed by atoms with E-state index in [1.54, 1.807) is 11.6 Å². The maximum atomic E-state index is 12.0. The van der Waals surface area contributed by atoms with Crippen LogP contribution in [0.5, 0.6) is 0 Å². The molecule has 0 aromatic carbocycles. The maximum absolute atomic E-state index is 12.0. The summed E-state index contributed by atoms with van der Waals surface area (Å²) in [4.78, 5) is 20.5. The lowest BCUT2D eigenvalue weighted by Gasteiger charge is -2.11. The molecule has 6 heteroatoms. The molecule has 3 N–H and O–H groups in total. The Kier molecular flexibility index (Phi) is 4.59. The van der Waals surface area contributed by atoms with Crippen molar-refractivity contribution in [1.82, 2.24) is 15.3 Å². The highest BCUT2D eigenvalue weighted by Gasteiger charge is 2.14. The van der Waals surface area contributed by atoms with E-state index >= 15 is 0 Å². The minimum absolute atomic E-state index is 0.145. The summed E-state index contributed by atoms with van der Waals surface area (Å²) >= 11 is 1.46. The second kappa shape index (κ2) is 6.40. The fourth-order valence-corrected chi connectivity index (χ4v) is 2.42. The fourth-order valence-electron chi connectivity index (χ4n) is 1.63. The van der Waals surface area contributed by atoms with Crippen molar-refractivity contribution in [3.05, 3.63) is 46.2 Å². The Morgan fingerprint density at radius 3 is 3.05 bits per heavy atom. The fraction of sp³-hybridized carbons (Fsp3) is 0.308. The SMILES string of the molecule is C[C@@H](NC(=O)c1csc(CCN)n1)c1ccccn1. The summed E-state index contributed by atoms with van der Waals surface area (Å²) < 4.78 is 0. The minimum atomic E-state index is -0.183. The van der Waals surface area contributed by atoms with E-state index in [0.29, 0.717) is 18.7 Å². The molecule has 0 radical (unpaired) electrons. The van der Waals surface area contributed by atoms with Crippen molar-refractivity contribution in [3.63, 3.8) is 0 Å². The van der Waals surface area contributed by atoms with Crippen LogP contribution in [0.1, 0.15) is 34.2 Å². The normalized spacial score (nSPS) is 12.1. The number of amides is 1. The number of hydrogen-bond donors (Lipinski definition) is 2. The molecule has 0 saturated heterocycles. The van der Waals surface area contributed by atoms with Crippen molar-refractivity contribution in [1.29, 1.82) is 0 Å². The molecule has 0 aliphatic carbocycles. The average Bonchev–Trinajstić information content (AvgIpc) is 2.89. The Labute approximate surface area is 115 Å². The summed E-state index contributed by atoms with van der Waals surface area (Å²) in [6.45, 7) is 2.44. The highest BCUT2D eigenvalue weighted by atomic mass is 32.1. The number of hydrogen-bond acceptors (Lipinski definition) is 5. The van der Waals surface area contributed by atoms with Crippen LogP contribution in [0.3, 0.4) is 0 Å². The van der Waals surface area contributed by atoms with Gasteiger partial charge < -0.3 is 11.1 Å². The molecule has 1 atom stereocenters. The van der Waals surface area contributed by atoms with Gasteiger partial charge in [0, 0.05) is 18.0 Å². The average molecular weight is 276 g/mol. The van der Waals surface area contributed by atoms with Crippen molar-refractivity contribution >= 4 is 17.2 Å². The zero-order chi connectivity index (χ0) is 13.7. The van der Waals surface area contributed by atoms with E-state index in [4.69, 9.17) is 5.73 Å². The Balaban J connectivity index is 2.00. The van der Waals surface area contributed by atoms with Gasteiger partial charge in [0.2, 0.25) is 0 Å². The van der Waals surface area contributed by atoms with Crippen molar-refractivity contribution in [3.8, 4) is 0 Å². The van der Waals surface area contributed by atoms with E-state index in [1.807, 2.05) is 25.1 Å². The van der Waals surface area contributed by atoms with E-state index in [1.165, 1.54) is 11.3 Å². The monoisotopic (exact) mass is 276 g/mol. The van der Waals surface area contributed by atoms with E-state index in [-0.39, 0.29) is 11.9 Å². The predicted molar refractivity (Wildman–Crippen MR) is 75.0 cm³/mol. The largest absolute Gasteiger partial charge is 0.343 e. The number of thiazole rings is 1. The Bertz CT molecular complexity index is 541. The van der Waals surface area contributed by atoms with Gasteiger partial charge in [-0.3, -0.25) is 9.78 Å². The first-order chi connectivity index (χ1) is 9.20. The topological polar surface area (TPSA) is 80.9 Å². The van der Waals surface area contributed by atoms with E-state index in [2.05, 4.69) is 15.3 Å². The van der Waals surface area contributed by atoms with Gasteiger partial charge in [0.15, 0.2) is 0 Å². The third kappa shape index (κ3) is 3.59. The van der Waals surface area contributed by atoms with Gasteiger partial charge in [0.25, 0.3) is 5.91 Å². The van der Waals surface area contributed by atoms with Crippen LogP contribution in [0.15, 0.2) is 29.8 Å². The predicted octanol–water partition coefficient (Wildman–Crippen LogP) is 1.53. The molecule has 2 aromatic heterocycles. The zero-order valence-electron chi connectivity index (χ0n) is 10.7. The third-order valence-corrected chi connectivity index (χ3v) is 3.53. The summed E-state index contributed by atoms with van der Waals surface area (Å²) in [5, 5.41) is 5.52. The molecule has 100 valence electrons. The van der Waals surface area contributed by atoms with Gasteiger partial charge in [-0.2, -0.15) is 0 Å². The van der Waals surface area contributed by atoms with Crippen molar-refractivity contribution in [2.75, 3.05) is 6.54 Å². The number of rotatable bonds is 5. The lowest BCUT2D eigenvalue weighted by atomic mass is 10.2. The van der Waals surface area contributed by atoms with Crippen LogP contribution in [0, 0.1) is 0 Å². The molecule has 0 spiro atoms. The molecule has 0 fully saturated rings. The molecule has 0 unspecified atom stereocenters. The summed E-state index contributed by atoms with van der Waals surface area (Å²) in [5.41, 5.74) is 6.73. The van der Waals surface area contributed by atoms with E-state index < -0.39 is 0 Å². The van der Waals surface area contributed by atoms with Gasteiger partial charge in [-0.1, -0.05) is 6.07 Å². The van der Waals surface area contributed by atoms with E-state index in [0.717, 1.165) is 10.7 Å². The zero-order valence-corrected chi connectivity index (χ0v) is 11.5. The van der Waals surface area contributed by atoms with Crippen LogP contribution in [0.2, 0.25) is 0 Å². The Hall–Kier alpha value is -1.79. The lowest BCUT2D eigenvalue weighted by Crippen LogP contribution is -2.27. The van der Waals surface area contributed by atoms with Gasteiger partial charge in [-0.05, 0) is 25.6 Å². The summed E-state index contributed by atoms with van der Waals surface area (Å²) in [5.74, 6) is -0.183. The van der Waals surface area contributed by atoms with Crippen LogP contribution in [0.4, 0.5) is 0 Å². The van der Waals surface area contributed by atoms with Gasteiger partial charge >= 0.3 is 0 Å². The van der Waals surface area contributed by atoms with Gasteiger partial charge in [0.05, 0.1) is 16.7 Å². The van der Waals surface area contributed by atoms with Crippen molar-refractivity contribution in [2.24, 2.45) is 5.73 Å². The number of nitrogens with one attached hydrogen (secondary N) is 1. The van der Waals surface area contributed by atoms with Crippen LogP contribution >= 0.6 is 11.3 Å². The number of pyridine rings is 1. The number of carbonyl (C=O) groups excluding carboxylic acids is 1. The molecule has 0 saturated carbocycles. The molecule has 0 aliphatic rings. The van der Waals surface area contributed by atoms with Crippen LogP contribution < -0.4 is 11.1 Å². The summed E-state index contributed by atoms with van der Waals surface area (Å²) in [6.07, 6.45) is 2.41. The molecule has 2 aromatic rings. The molecule has 1 amide bonds. The summed E-state index contributed by atoms with van der Waals surface area (Å²) in [7, 11) is 0. The number of carbonyl (C=O) groups is 1. The molecule has 0 bridgehead atoms. The molecule has 19 heavy (non-hydrogen) atoms. The standard InChI is InChI=1S/C13H16N4OS/c1-9(10-4-2-3-7-15-10)16-13(18)11-8-19-12(17-11)5-6-14/h2-4,7-9H,5-6,14H2,1H3,(H,16,18)/t9-/m1/s1. The molecule has 2 heterocycles. The molecule has 5 nitrogen and oxygen atoms in total. The Morgan fingerprint density at radius 2 is 2.37 bits per heavy atom. The lowest BCUT2D eigenvalue weighted by molar-refractivity contribution is 0.0934. The first-order valence-corrected chi connectivity index (χ1v) is 6.95. The van der Waals surface area contributed by atoms with Crippen LogP contribution in [-0.4, -0.2) is 22.4 Å². The molecule has 0 aliphatic heterocycles.